The highest BCUT2D eigenvalue weighted by Gasteiger charge is 2.31. The lowest BCUT2D eigenvalue weighted by molar-refractivity contribution is -0.965. The van der Waals surface area contributed by atoms with Crippen LogP contribution in [0.15, 0.2) is 18.2 Å². The van der Waals surface area contributed by atoms with E-state index in [0.29, 0.717) is 0 Å². The van der Waals surface area contributed by atoms with Crippen LogP contribution in [0.25, 0.3) is 0 Å². The summed E-state index contributed by atoms with van der Waals surface area (Å²) >= 11 is 0. The zero-order valence-electron chi connectivity index (χ0n) is 14.7. The number of methoxy groups -OCH3 is 2. The first-order chi connectivity index (χ1) is 11.3. The van der Waals surface area contributed by atoms with Crippen LogP contribution in [-0.4, -0.2) is 46.4 Å². The maximum absolute atomic E-state index is 5.53. The molecule has 4 heteroatoms. The van der Waals surface area contributed by atoms with Gasteiger partial charge in [0.1, 0.15) is 18.0 Å². The maximum atomic E-state index is 5.53. The normalized spacial score (nSPS) is 26.0. The highest BCUT2D eigenvalue weighted by atomic mass is 16.5. The molecule has 1 aromatic carbocycles. The van der Waals surface area contributed by atoms with Gasteiger partial charge in [0.25, 0.3) is 0 Å². The molecule has 0 unspecified atom stereocenters. The van der Waals surface area contributed by atoms with Crippen LogP contribution in [0.1, 0.15) is 37.7 Å². The van der Waals surface area contributed by atoms with Crippen LogP contribution in [0.2, 0.25) is 0 Å². The molecule has 0 radical (unpaired) electrons. The van der Waals surface area contributed by atoms with Crippen LogP contribution >= 0.6 is 0 Å². The van der Waals surface area contributed by atoms with Crippen molar-refractivity contribution in [2.24, 2.45) is 0 Å². The van der Waals surface area contributed by atoms with E-state index in [2.05, 4.69) is 6.07 Å². The quantitative estimate of drug-likeness (QED) is 0.818. The molecular weight excluding hydrogens is 288 g/mol. The van der Waals surface area contributed by atoms with Crippen molar-refractivity contribution in [3.8, 4) is 11.5 Å². The minimum absolute atomic E-state index is 0.909. The van der Waals surface area contributed by atoms with Crippen molar-refractivity contribution in [2.45, 2.75) is 44.7 Å². The third kappa shape index (κ3) is 4.18. The molecule has 0 atom stereocenters. The molecule has 3 rings (SSSR count). The highest BCUT2D eigenvalue weighted by molar-refractivity contribution is 5.39. The van der Waals surface area contributed by atoms with Crippen molar-refractivity contribution in [1.29, 1.82) is 0 Å². The average Bonchev–Trinajstić information content (AvgIpc) is 2.63. The Bertz CT molecular complexity index is 492. The SMILES string of the molecule is COc1ccc(OC)c(C[NH+]2CCC([NH+]3CCCCC3)CC2)c1. The van der Waals surface area contributed by atoms with Crippen LogP contribution in [0.4, 0.5) is 0 Å². The van der Waals surface area contributed by atoms with Gasteiger partial charge in [-0.3, -0.25) is 0 Å². The monoisotopic (exact) mass is 320 g/mol. The van der Waals surface area contributed by atoms with Crippen LogP contribution in [0.5, 0.6) is 11.5 Å². The number of hydrogen-bond donors (Lipinski definition) is 2. The number of rotatable bonds is 5. The number of quaternary nitrogens is 2. The number of ether oxygens (including phenoxy) is 2. The van der Waals surface area contributed by atoms with Gasteiger partial charge in [0.15, 0.2) is 0 Å². The van der Waals surface area contributed by atoms with Gasteiger partial charge in [0.05, 0.1) is 52.0 Å². The zero-order chi connectivity index (χ0) is 16.1. The minimum atomic E-state index is 0.909. The first-order valence-corrected chi connectivity index (χ1v) is 9.19. The van der Waals surface area contributed by atoms with E-state index >= 15 is 0 Å². The van der Waals surface area contributed by atoms with Crippen LogP contribution in [0.3, 0.4) is 0 Å². The molecule has 0 bridgehead atoms. The third-order valence-electron chi connectivity index (χ3n) is 5.69. The molecule has 0 spiro atoms. The summed E-state index contributed by atoms with van der Waals surface area (Å²) < 4.78 is 10.9. The molecule has 0 amide bonds. The summed E-state index contributed by atoms with van der Waals surface area (Å²) in [6.45, 7) is 6.43. The molecule has 0 aliphatic carbocycles. The Morgan fingerprint density at radius 3 is 2.35 bits per heavy atom. The Kier molecular flexibility index (Phi) is 5.79. The van der Waals surface area contributed by atoms with E-state index in [1.807, 2.05) is 17.0 Å². The van der Waals surface area contributed by atoms with E-state index in [1.54, 1.807) is 19.1 Å². The standard InChI is InChI=1S/C19H30N2O2/c1-22-18-6-7-19(23-2)16(14-18)15-20-12-8-17(9-13-20)21-10-4-3-5-11-21/h6-7,14,17H,3-5,8-13,15H2,1-2H3/p+2. The largest absolute Gasteiger partial charge is 0.497 e. The molecule has 128 valence electrons. The predicted octanol–water partition coefficient (Wildman–Crippen LogP) is 0.320. The fraction of sp³-hybridized carbons (Fsp3) is 0.684. The molecule has 2 fully saturated rings. The Labute approximate surface area is 140 Å². The molecule has 2 saturated heterocycles. The number of likely N-dealkylation sites (tertiary alicyclic amines) is 2. The third-order valence-corrected chi connectivity index (χ3v) is 5.69. The van der Waals surface area contributed by atoms with Gasteiger partial charge in [-0.25, -0.2) is 0 Å². The predicted molar refractivity (Wildman–Crippen MR) is 91.5 cm³/mol. The van der Waals surface area contributed by atoms with Gasteiger partial charge in [-0.1, -0.05) is 0 Å². The van der Waals surface area contributed by atoms with Crippen molar-refractivity contribution in [3.63, 3.8) is 0 Å². The van der Waals surface area contributed by atoms with Gasteiger partial charge in [-0.15, -0.1) is 0 Å². The summed E-state index contributed by atoms with van der Waals surface area (Å²) in [4.78, 5) is 3.57. The van der Waals surface area contributed by atoms with Gasteiger partial charge >= 0.3 is 0 Å². The number of hydrogen-bond acceptors (Lipinski definition) is 2. The number of piperidine rings is 2. The summed E-state index contributed by atoms with van der Waals surface area (Å²) in [5.74, 6) is 1.91. The molecule has 4 nitrogen and oxygen atoms in total. The lowest BCUT2D eigenvalue weighted by Gasteiger charge is -2.36. The average molecular weight is 320 g/mol. The van der Waals surface area contributed by atoms with E-state index in [4.69, 9.17) is 9.47 Å². The summed E-state index contributed by atoms with van der Waals surface area (Å²) in [5.41, 5.74) is 1.27. The Morgan fingerprint density at radius 1 is 0.957 bits per heavy atom. The lowest BCUT2D eigenvalue weighted by atomic mass is 9.99. The van der Waals surface area contributed by atoms with Gasteiger partial charge in [-0.05, 0) is 37.5 Å². The van der Waals surface area contributed by atoms with Gasteiger partial charge in [-0.2, -0.15) is 0 Å². The van der Waals surface area contributed by atoms with E-state index in [9.17, 15) is 0 Å². The van der Waals surface area contributed by atoms with Gasteiger partial charge < -0.3 is 19.3 Å². The van der Waals surface area contributed by atoms with Crippen molar-refractivity contribution < 1.29 is 19.3 Å². The highest BCUT2D eigenvalue weighted by Crippen LogP contribution is 2.23. The fourth-order valence-electron chi connectivity index (χ4n) is 4.31. The molecule has 2 heterocycles. The molecule has 23 heavy (non-hydrogen) atoms. The topological polar surface area (TPSA) is 27.3 Å². The first-order valence-electron chi connectivity index (χ1n) is 9.19. The van der Waals surface area contributed by atoms with E-state index < -0.39 is 0 Å². The van der Waals surface area contributed by atoms with E-state index in [0.717, 1.165) is 24.1 Å². The summed E-state index contributed by atoms with van der Waals surface area (Å²) in [5, 5.41) is 0. The molecule has 2 aliphatic rings. The van der Waals surface area contributed by atoms with Gasteiger partial charge in [0, 0.05) is 12.8 Å². The minimum Gasteiger partial charge on any atom is -0.497 e. The summed E-state index contributed by atoms with van der Waals surface area (Å²) in [6.07, 6.45) is 7.06. The van der Waals surface area contributed by atoms with Crippen molar-refractivity contribution >= 4 is 0 Å². The zero-order valence-corrected chi connectivity index (χ0v) is 14.7. The Balaban J connectivity index is 1.56. The maximum Gasteiger partial charge on any atom is 0.127 e. The summed E-state index contributed by atoms with van der Waals surface area (Å²) in [7, 11) is 3.48. The van der Waals surface area contributed by atoms with Crippen molar-refractivity contribution in [3.05, 3.63) is 23.8 Å². The van der Waals surface area contributed by atoms with E-state index in [-0.39, 0.29) is 0 Å². The molecular formula is C19H32N2O2+2. The lowest BCUT2D eigenvalue weighted by Crippen LogP contribution is -3.20. The molecule has 0 aromatic heterocycles. The Morgan fingerprint density at radius 2 is 1.70 bits per heavy atom. The molecule has 0 saturated carbocycles. The van der Waals surface area contributed by atoms with Crippen molar-refractivity contribution in [2.75, 3.05) is 40.4 Å². The van der Waals surface area contributed by atoms with Gasteiger partial charge in [0.2, 0.25) is 0 Å². The molecule has 2 aliphatic heterocycles. The van der Waals surface area contributed by atoms with E-state index in [1.165, 1.54) is 63.8 Å². The second-order valence-electron chi connectivity index (χ2n) is 7.10. The second-order valence-corrected chi connectivity index (χ2v) is 7.10. The number of nitrogens with one attached hydrogen (secondary N) is 2. The summed E-state index contributed by atoms with van der Waals surface area (Å²) in [6, 6.07) is 7.04. The van der Waals surface area contributed by atoms with Crippen LogP contribution < -0.4 is 19.3 Å². The van der Waals surface area contributed by atoms with Crippen LogP contribution in [-0.2, 0) is 6.54 Å². The smallest absolute Gasteiger partial charge is 0.127 e. The fourth-order valence-corrected chi connectivity index (χ4v) is 4.31. The second kappa shape index (κ2) is 8.02. The number of benzene rings is 1. The molecule has 1 aromatic rings. The molecule has 2 N–H and O–H groups in total. The van der Waals surface area contributed by atoms with Crippen LogP contribution in [0, 0.1) is 0 Å². The Hall–Kier alpha value is -1.26. The first kappa shape index (κ1) is 16.6. The van der Waals surface area contributed by atoms with Crippen molar-refractivity contribution in [1.82, 2.24) is 0 Å².